The maximum atomic E-state index is 12.9. The predicted octanol–water partition coefficient (Wildman–Crippen LogP) is 4.28. The molecule has 0 spiro atoms. The molecule has 1 fully saturated rings. The Hall–Kier alpha value is -2.28. The lowest BCUT2D eigenvalue weighted by Gasteiger charge is -2.32. The summed E-state index contributed by atoms with van der Waals surface area (Å²) in [4.78, 5) is 6.80. The number of methoxy groups -OCH3 is 1. The predicted molar refractivity (Wildman–Crippen MR) is 113 cm³/mol. The zero-order valence-corrected chi connectivity index (χ0v) is 17.8. The van der Waals surface area contributed by atoms with Gasteiger partial charge in [0, 0.05) is 13.1 Å². The van der Waals surface area contributed by atoms with Gasteiger partial charge in [0.25, 0.3) is 10.0 Å². The minimum absolute atomic E-state index is 0.126. The summed E-state index contributed by atoms with van der Waals surface area (Å²) in [6.07, 6.45) is 7.74. The summed E-state index contributed by atoms with van der Waals surface area (Å²) >= 11 is 0. The molecular weight excluding hydrogens is 374 g/mol. The summed E-state index contributed by atoms with van der Waals surface area (Å²) in [6.45, 7) is 3.80. The summed E-state index contributed by atoms with van der Waals surface area (Å²) in [5.74, 6) is 1.19. The number of nitrogens with zero attached hydrogens (tertiary/aromatic N) is 2. The molecule has 0 radical (unpaired) electrons. The van der Waals surface area contributed by atoms with Crippen LogP contribution in [-0.4, -0.2) is 33.6 Å². The summed E-state index contributed by atoms with van der Waals surface area (Å²) in [5.41, 5.74) is 2.30. The van der Waals surface area contributed by atoms with Crippen LogP contribution in [0.2, 0.25) is 0 Å². The van der Waals surface area contributed by atoms with Gasteiger partial charge < -0.3 is 9.64 Å². The molecule has 1 heterocycles. The SMILES string of the molecule is COc1cc(C)c(C)cc1S(=O)(=O)Nc1ccc(N(C)C2CCCCC2)nc1. The molecule has 7 heteroatoms. The molecule has 6 nitrogen and oxygen atoms in total. The van der Waals surface area contributed by atoms with Gasteiger partial charge in [0.2, 0.25) is 0 Å². The smallest absolute Gasteiger partial charge is 0.265 e. The lowest BCUT2D eigenvalue weighted by molar-refractivity contribution is 0.402. The molecule has 0 amide bonds. The van der Waals surface area contributed by atoms with Gasteiger partial charge in [-0.25, -0.2) is 13.4 Å². The molecule has 152 valence electrons. The monoisotopic (exact) mass is 403 g/mol. The van der Waals surface area contributed by atoms with Crippen molar-refractivity contribution < 1.29 is 13.2 Å². The number of ether oxygens (including phenoxy) is 1. The van der Waals surface area contributed by atoms with Crippen LogP contribution in [-0.2, 0) is 10.0 Å². The Morgan fingerprint density at radius 1 is 1.11 bits per heavy atom. The Labute approximate surface area is 168 Å². The second kappa shape index (κ2) is 8.39. The van der Waals surface area contributed by atoms with Crippen LogP contribution in [0.15, 0.2) is 35.4 Å². The highest BCUT2D eigenvalue weighted by Gasteiger charge is 2.22. The first-order valence-electron chi connectivity index (χ1n) is 9.69. The van der Waals surface area contributed by atoms with E-state index in [4.69, 9.17) is 4.74 Å². The third-order valence-electron chi connectivity index (χ3n) is 5.55. The van der Waals surface area contributed by atoms with E-state index in [-0.39, 0.29) is 4.90 Å². The molecule has 1 aromatic heterocycles. The van der Waals surface area contributed by atoms with E-state index < -0.39 is 10.0 Å². The topological polar surface area (TPSA) is 71.5 Å². The van der Waals surface area contributed by atoms with Crippen LogP contribution in [0.4, 0.5) is 11.5 Å². The van der Waals surface area contributed by atoms with Crippen molar-refractivity contribution in [2.75, 3.05) is 23.8 Å². The Balaban J connectivity index is 1.79. The Bertz CT molecular complexity index is 921. The van der Waals surface area contributed by atoms with Crippen LogP contribution >= 0.6 is 0 Å². The summed E-state index contributed by atoms with van der Waals surface area (Å²) in [7, 11) is -0.247. The maximum Gasteiger partial charge on any atom is 0.265 e. The van der Waals surface area contributed by atoms with Gasteiger partial charge in [-0.2, -0.15) is 0 Å². The van der Waals surface area contributed by atoms with Crippen molar-refractivity contribution in [3.63, 3.8) is 0 Å². The van der Waals surface area contributed by atoms with Crippen molar-refractivity contribution in [2.45, 2.75) is 56.9 Å². The quantitative estimate of drug-likeness (QED) is 0.780. The van der Waals surface area contributed by atoms with Crippen molar-refractivity contribution in [1.82, 2.24) is 4.98 Å². The lowest BCUT2D eigenvalue weighted by atomic mass is 9.94. The maximum absolute atomic E-state index is 12.9. The van der Waals surface area contributed by atoms with Gasteiger partial charge in [-0.3, -0.25) is 4.72 Å². The van der Waals surface area contributed by atoms with Crippen molar-refractivity contribution in [2.24, 2.45) is 0 Å². The van der Waals surface area contributed by atoms with Gasteiger partial charge in [0.1, 0.15) is 16.5 Å². The number of sulfonamides is 1. The van der Waals surface area contributed by atoms with E-state index in [1.165, 1.54) is 39.2 Å². The number of hydrogen-bond acceptors (Lipinski definition) is 5. The average Bonchev–Trinajstić information content (AvgIpc) is 2.70. The number of aromatic nitrogens is 1. The molecule has 1 N–H and O–H groups in total. The van der Waals surface area contributed by atoms with Gasteiger partial charge in [0.15, 0.2) is 0 Å². The van der Waals surface area contributed by atoms with E-state index in [1.54, 1.807) is 24.4 Å². The van der Waals surface area contributed by atoms with Crippen LogP contribution in [0, 0.1) is 13.8 Å². The summed E-state index contributed by atoms with van der Waals surface area (Å²) in [5, 5.41) is 0. The highest BCUT2D eigenvalue weighted by Crippen LogP contribution is 2.30. The van der Waals surface area contributed by atoms with Gasteiger partial charge in [-0.15, -0.1) is 0 Å². The van der Waals surface area contributed by atoms with E-state index in [1.807, 2.05) is 19.9 Å². The third kappa shape index (κ3) is 4.41. The normalized spacial score (nSPS) is 15.3. The number of aryl methyl sites for hydroxylation is 2. The molecule has 3 rings (SSSR count). The number of hydrogen-bond donors (Lipinski definition) is 1. The highest BCUT2D eigenvalue weighted by atomic mass is 32.2. The Kier molecular flexibility index (Phi) is 6.13. The van der Waals surface area contributed by atoms with Crippen molar-refractivity contribution in [1.29, 1.82) is 0 Å². The van der Waals surface area contributed by atoms with E-state index in [0.717, 1.165) is 16.9 Å². The molecular formula is C21H29N3O3S. The van der Waals surface area contributed by atoms with Gasteiger partial charge in [-0.05, 0) is 62.1 Å². The molecule has 0 atom stereocenters. The van der Waals surface area contributed by atoms with Gasteiger partial charge >= 0.3 is 0 Å². The minimum atomic E-state index is -3.78. The van der Waals surface area contributed by atoms with Crippen LogP contribution in [0.1, 0.15) is 43.2 Å². The van der Waals surface area contributed by atoms with E-state index in [0.29, 0.717) is 17.5 Å². The number of rotatable bonds is 6. The van der Waals surface area contributed by atoms with E-state index >= 15 is 0 Å². The van der Waals surface area contributed by atoms with E-state index in [9.17, 15) is 8.42 Å². The Morgan fingerprint density at radius 2 is 1.79 bits per heavy atom. The fourth-order valence-electron chi connectivity index (χ4n) is 3.65. The standard InChI is InChI=1S/C21H29N3O3S/c1-15-12-19(27-4)20(13-16(15)2)28(25,26)23-17-10-11-21(22-14-17)24(3)18-8-6-5-7-9-18/h10-14,18,23H,5-9H2,1-4H3. The third-order valence-corrected chi connectivity index (χ3v) is 6.96. The average molecular weight is 404 g/mol. The van der Waals surface area contributed by atoms with Crippen LogP contribution in [0.3, 0.4) is 0 Å². The van der Waals surface area contributed by atoms with Crippen LogP contribution in [0.5, 0.6) is 5.75 Å². The minimum Gasteiger partial charge on any atom is -0.495 e. The molecule has 0 unspecified atom stereocenters. The van der Waals surface area contributed by atoms with Gasteiger partial charge in [0.05, 0.1) is 19.0 Å². The zero-order valence-electron chi connectivity index (χ0n) is 17.0. The van der Waals surface area contributed by atoms with Crippen molar-refractivity contribution in [3.8, 4) is 5.75 Å². The molecule has 0 aliphatic heterocycles. The lowest BCUT2D eigenvalue weighted by Crippen LogP contribution is -2.33. The molecule has 2 aromatic rings. The molecule has 0 saturated heterocycles. The van der Waals surface area contributed by atoms with Gasteiger partial charge in [-0.1, -0.05) is 19.3 Å². The first-order valence-corrected chi connectivity index (χ1v) is 11.2. The fourth-order valence-corrected chi connectivity index (χ4v) is 4.93. The first-order chi connectivity index (χ1) is 13.3. The summed E-state index contributed by atoms with van der Waals surface area (Å²) in [6, 6.07) is 7.50. The van der Waals surface area contributed by atoms with Crippen molar-refractivity contribution >= 4 is 21.5 Å². The molecule has 1 aliphatic carbocycles. The fraction of sp³-hybridized carbons (Fsp3) is 0.476. The van der Waals surface area contributed by atoms with E-state index in [2.05, 4.69) is 21.7 Å². The molecule has 1 aromatic carbocycles. The molecule has 28 heavy (non-hydrogen) atoms. The number of nitrogens with one attached hydrogen (secondary N) is 1. The first kappa shape index (κ1) is 20.5. The number of pyridine rings is 1. The molecule has 1 saturated carbocycles. The van der Waals surface area contributed by atoms with Crippen LogP contribution < -0.4 is 14.4 Å². The zero-order chi connectivity index (χ0) is 20.3. The molecule has 0 bridgehead atoms. The number of anilines is 2. The second-order valence-corrected chi connectivity index (χ2v) is 9.15. The largest absolute Gasteiger partial charge is 0.495 e. The molecule has 1 aliphatic rings. The Morgan fingerprint density at radius 3 is 2.39 bits per heavy atom. The second-order valence-electron chi connectivity index (χ2n) is 7.50. The van der Waals surface area contributed by atoms with Crippen molar-refractivity contribution in [3.05, 3.63) is 41.6 Å². The number of benzene rings is 1. The highest BCUT2D eigenvalue weighted by molar-refractivity contribution is 7.92. The van der Waals surface area contributed by atoms with Crippen LogP contribution in [0.25, 0.3) is 0 Å². The summed E-state index contributed by atoms with van der Waals surface area (Å²) < 4.78 is 33.7.